The number of H-pyrrole nitrogens is 1. The smallest absolute Gasteiger partial charge is 0.262 e. The van der Waals surface area contributed by atoms with Crippen LogP contribution in [-0.4, -0.2) is 38.0 Å². The summed E-state index contributed by atoms with van der Waals surface area (Å²) >= 11 is 1.19. The quantitative estimate of drug-likeness (QED) is 0.355. The van der Waals surface area contributed by atoms with Crippen LogP contribution in [0.5, 0.6) is 0 Å². The van der Waals surface area contributed by atoms with Crippen molar-refractivity contribution in [1.82, 2.24) is 25.1 Å². The zero-order valence-electron chi connectivity index (χ0n) is 16.4. The first-order valence-electron chi connectivity index (χ1n) is 9.60. The van der Waals surface area contributed by atoms with Gasteiger partial charge in [-0.05, 0) is 23.6 Å². The lowest BCUT2D eigenvalue weighted by Gasteiger charge is -2.12. The Kier molecular flexibility index (Phi) is 5.94. The van der Waals surface area contributed by atoms with Gasteiger partial charge < -0.3 is 10.3 Å². The Bertz CT molecular complexity index is 1200. The summed E-state index contributed by atoms with van der Waals surface area (Å²) in [7, 11) is 0. The Morgan fingerprint density at radius 3 is 2.57 bits per heavy atom. The zero-order valence-corrected chi connectivity index (χ0v) is 17.2. The van der Waals surface area contributed by atoms with E-state index in [0.717, 1.165) is 5.69 Å². The summed E-state index contributed by atoms with van der Waals surface area (Å²) in [6, 6.07) is 19.5. The molecule has 0 bridgehead atoms. The largest absolute Gasteiger partial charge is 0.355 e. The van der Waals surface area contributed by atoms with Gasteiger partial charge in [0.2, 0.25) is 5.91 Å². The Labute approximate surface area is 177 Å². The lowest BCUT2D eigenvalue weighted by molar-refractivity contribution is -0.118. The lowest BCUT2D eigenvalue weighted by Crippen LogP contribution is -2.29. The zero-order chi connectivity index (χ0) is 20.9. The third-order valence-corrected chi connectivity index (χ3v) is 5.60. The predicted octanol–water partition coefficient (Wildman–Crippen LogP) is 3.12. The molecule has 152 valence electrons. The van der Waals surface area contributed by atoms with Crippen LogP contribution < -0.4 is 10.9 Å². The van der Waals surface area contributed by atoms with Crippen molar-refractivity contribution < 1.29 is 4.79 Å². The molecule has 0 aliphatic carbocycles. The van der Waals surface area contributed by atoms with Gasteiger partial charge in [-0.1, -0.05) is 67.2 Å². The number of amides is 1. The number of fused-ring (bicyclic) bond motifs is 1. The Hall–Kier alpha value is -3.39. The van der Waals surface area contributed by atoms with Crippen LogP contribution in [0.2, 0.25) is 0 Å². The molecular weight excluding hydrogens is 398 g/mol. The average Bonchev–Trinajstić information content (AvgIpc) is 3.22. The molecule has 1 atom stereocenters. The molecule has 0 saturated carbocycles. The van der Waals surface area contributed by atoms with Gasteiger partial charge in [0.15, 0.2) is 10.8 Å². The van der Waals surface area contributed by atoms with Gasteiger partial charge in [0.25, 0.3) is 5.56 Å². The number of hydrogen-bond acceptors (Lipinski definition) is 5. The number of nitrogens with zero attached hydrogens (tertiary/aromatic N) is 3. The molecule has 0 unspecified atom stereocenters. The molecule has 2 aromatic heterocycles. The minimum absolute atomic E-state index is 0.109. The van der Waals surface area contributed by atoms with E-state index in [1.54, 1.807) is 4.68 Å². The van der Waals surface area contributed by atoms with Gasteiger partial charge >= 0.3 is 0 Å². The van der Waals surface area contributed by atoms with E-state index in [1.165, 1.54) is 23.5 Å². The monoisotopic (exact) mass is 419 g/mol. The maximum absolute atomic E-state index is 12.4. The van der Waals surface area contributed by atoms with Crippen molar-refractivity contribution >= 4 is 28.7 Å². The second-order valence-electron chi connectivity index (χ2n) is 6.90. The van der Waals surface area contributed by atoms with Crippen molar-refractivity contribution in [3.63, 3.8) is 0 Å². The number of hydrogen-bond donors (Lipinski definition) is 2. The molecule has 0 aliphatic rings. The number of carbonyl (C=O) groups excluding carboxylic acids is 1. The van der Waals surface area contributed by atoms with Crippen molar-refractivity contribution in [3.8, 4) is 5.69 Å². The van der Waals surface area contributed by atoms with Gasteiger partial charge in [0, 0.05) is 6.54 Å². The van der Waals surface area contributed by atoms with Crippen molar-refractivity contribution in [3.05, 3.63) is 82.8 Å². The van der Waals surface area contributed by atoms with Crippen LogP contribution in [-0.2, 0) is 4.79 Å². The van der Waals surface area contributed by atoms with E-state index >= 15 is 0 Å². The van der Waals surface area contributed by atoms with Gasteiger partial charge in [-0.2, -0.15) is 5.10 Å². The van der Waals surface area contributed by atoms with Crippen molar-refractivity contribution in [1.29, 1.82) is 0 Å². The second-order valence-corrected chi connectivity index (χ2v) is 7.87. The molecule has 1 amide bonds. The highest BCUT2D eigenvalue weighted by Crippen LogP contribution is 2.18. The first kappa shape index (κ1) is 19.9. The maximum atomic E-state index is 12.4. The summed E-state index contributed by atoms with van der Waals surface area (Å²) in [4.78, 5) is 31.9. The van der Waals surface area contributed by atoms with Gasteiger partial charge in [-0.15, -0.1) is 0 Å². The van der Waals surface area contributed by atoms with E-state index in [0.29, 0.717) is 22.7 Å². The highest BCUT2D eigenvalue weighted by atomic mass is 32.2. The Morgan fingerprint density at radius 2 is 1.83 bits per heavy atom. The molecule has 4 rings (SSSR count). The molecule has 0 radical (unpaired) electrons. The van der Waals surface area contributed by atoms with E-state index in [9.17, 15) is 9.59 Å². The number of benzene rings is 2. The molecule has 4 aromatic rings. The standard InChI is InChI=1S/C22H21N5O2S/c1-15(16-8-4-2-5-9-16)12-23-19(28)14-30-22-25-20-18(21(29)26-22)13-24-27(20)17-10-6-3-7-11-17/h2-11,13,15H,12,14H2,1H3,(H,23,28)(H,25,26,29)/t15-/m0/s1. The van der Waals surface area contributed by atoms with Gasteiger partial charge in [0.1, 0.15) is 5.39 Å². The molecular formula is C22H21N5O2S. The van der Waals surface area contributed by atoms with E-state index in [1.807, 2.05) is 60.7 Å². The van der Waals surface area contributed by atoms with Crippen molar-refractivity contribution in [2.24, 2.45) is 0 Å². The van der Waals surface area contributed by atoms with Gasteiger partial charge in [-0.25, -0.2) is 9.67 Å². The first-order chi connectivity index (χ1) is 14.6. The Morgan fingerprint density at radius 1 is 1.13 bits per heavy atom. The Balaban J connectivity index is 1.43. The van der Waals surface area contributed by atoms with Crippen LogP contribution in [0, 0.1) is 0 Å². The van der Waals surface area contributed by atoms with Crippen LogP contribution in [0.3, 0.4) is 0 Å². The number of para-hydroxylation sites is 1. The summed E-state index contributed by atoms with van der Waals surface area (Å²) in [6.45, 7) is 2.62. The number of nitrogens with one attached hydrogen (secondary N) is 2. The minimum atomic E-state index is -0.275. The molecule has 30 heavy (non-hydrogen) atoms. The fraction of sp³-hybridized carbons (Fsp3) is 0.182. The maximum Gasteiger partial charge on any atom is 0.262 e. The van der Waals surface area contributed by atoms with E-state index < -0.39 is 0 Å². The molecule has 0 aliphatic heterocycles. The topological polar surface area (TPSA) is 92.7 Å². The molecule has 8 heteroatoms. The van der Waals surface area contributed by atoms with Crippen molar-refractivity contribution in [2.75, 3.05) is 12.3 Å². The van der Waals surface area contributed by atoms with Gasteiger partial charge in [0.05, 0.1) is 17.6 Å². The summed E-state index contributed by atoms with van der Waals surface area (Å²) in [5.74, 6) is 0.270. The number of aromatic nitrogens is 4. The molecule has 2 aromatic carbocycles. The van der Waals surface area contributed by atoms with Gasteiger partial charge in [-0.3, -0.25) is 9.59 Å². The van der Waals surface area contributed by atoms with Crippen molar-refractivity contribution in [2.45, 2.75) is 18.0 Å². The minimum Gasteiger partial charge on any atom is -0.355 e. The molecule has 0 saturated heterocycles. The number of thioether (sulfide) groups is 1. The van der Waals surface area contributed by atoms with Crippen LogP contribution in [0.4, 0.5) is 0 Å². The SMILES string of the molecule is C[C@@H](CNC(=O)CSc1nc2c(cnn2-c2ccccc2)c(=O)[nH]1)c1ccccc1. The summed E-state index contributed by atoms with van der Waals surface area (Å²) in [5.41, 5.74) is 2.18. The summed E-state index contributed by atoms with van der Waals surface area (Å²) < 4.78 is 1.62. The van der Waals surface area contributed by atoms with Crippen LogP contribution >= 0.6 is 11.8 Å². The predicted molar refractivity (Wildman–Crippen MR) is 118 cm³/mol. The molecule has 0 fully saturated rings. The molecule has 7 nitrogen and oxygen atoms in total. The fourth-order valence-corrected chi connectivity index (χ4v) is 3.76. The van der Waals surface area contributed by atoms with Crippen LogP contribution in [0.25, 0.3) is 16.7 Å². The first-order valence-corrected chi connectivity index (χ1v) is 10.6. The fourth-order valence-electron chi connectivity index (χ4n) is 3.08. The van der Waals surface area contributed by atoms with E-state index in [-0.39, 0.29) is 23.1 Å². The average molecular weight is 420 g/mol. The number of aromatic amines is 1. The van der Waals surface area contributed by atoms with E-state index in [2.05, 4.69) is 27.3 Å². The normalized spacial score (nSPS) is 12.0. The molecule has 2 N–H and O–H groups in total. The molecule has 0 spiro atoms. The highest BCUT2D eigenvalue weighted by molar-refractivity contribution is 7.99. The third-order valence-electron chi connectivity index (χ3n) is 4.73. The molecule has 2 heterocycles. The van der Waals surface area contributed by atoms with Crippen LogP contribution in [0.15, 0.2) is 76.8 Å². The summed E-state index contributed by atoms with van der Waals surface area (Å²) in [5, 5.41) is 8.02. The lowest BCUT2D eigenvalue weighted by atomic mass is 10.0. The number of rotatable bonds is 7. The highest BCUT2D eigenvalue weighted by Gasteiger charge is 2.13. The number of carbonyl (C=O) groups is 1. The van der Waals surface area contributed by atoms with E-state index in [4.69, 9.17) is 0 Å². The van der Waals surface area contributed by atoms with Crippen LogP contribution in [0.1, 0.15) is 18.4 Å². The second kappa shape index (κ2) is 8.96. The summed E-state index contributed by atoms with van der Waals surface area (Å²) in [6.07, 6.45) is 1.50. The third kappa shape index (κ3) is 4.44.